The van der Waals surface area contributed by atoms with Gasteiger partial charge in [-0.3, -0.25) is 14.9 Å². The van der Waals surface area contributed by atoms with Crippen LogP contribution >= 0.6 is 0 Å². The summed E-state index contributed by atoms with van der Waals surface area (Å²) in [6.45, 7) is 2.93. The molecular formula is C13H17N5O3. The van der Waals surface area contributed by atoms with Crippen molar-refractivity contribution in [3.05, 3.63) is 12.4 Å². The second-order valence-electron chi connectivity index (χ2n) is 5.01. The summed E-state index contributed by atoms with van der Waals surface area (Å²) in [6.07, 6.45) is 2.28. The van der Waals surface area contributed by atoms with Crippen LogP contribution in [0.1, 0.15) is 12.8 Å². The van der Waals surface area contributed by atoms with Crippen LogP contribution < -0.4 is 15.5 Å². The van der Waals surface area contributed by atoms with Gasteiger partial charge in [-0.1, -0.05) is 0 Å². The molecule has 2 aliphatic heterocycles. The van der Waals surface area contributed by atoms with Crippen LogP contribution in [0.15, 0.2) is 12.4 Å². The number of nitrogens with one attached hydrogen (secondary N) is 2. The summed E-state index contributed by atoms with van der Waals surface area (Å²) in [6, 6.07) is 1.38. The smallest absolute Gasteiger partial charge is 0.249 e. The molecule has 0 bridgehead atoms. The van der Waals surface area contributed by atoms with E-state index in [1.807, 2.05) is 6.07 Å². The normalized spacial score (nSPS) is 22.9. The minimum atomic E-state index is -0.435. The second kappa shape index (κ2) is 6.04. The largest absolute Gasteiger partial charge is 0.378 e. The molecule has 0 aromatic carbocycles. The minimum absolute atomic E-state index is 0.227. The third-order valence-corrected chi connectivity index (χ3v) is 3.55. The molecule has 8 heteroatoms. The number of hydrogen-bond acceptors (Lipinski definition) is 7. The molecule has 1 aromatic heterocycles. The van der Waals surface area contributed by atoms with Gasteiger partial charge in [0.1, 0.15) is 24.0 Å². The maximum absolute atomic E-state index is 11.7. The van der Waals surface area contributed by atoms with E-state index in [-0.39, 0.29) is 11.8 Å². The Morgan fingerprint density at radius 2 is 2.10 bits per heavy atom. The highest BCUT2D eigenvalue weighted by molar-refractivity contribution is 6.01. The number of nitrogens with zero attached hydrogens (tertiary/aromatic N) is 3. The highest BCUT2D eigenvalue weighted by atomic mass is 16.5. The molecule has 0 radical (unpaired) electrons. The summed E-state index contributed by atoms with van der Waals surface area (Å²) in [4.78, 5) is 33.4. The number of carbonyl (C=O) groups is 2. The Bertz CT molecular complexity index is 544. The first-order chi connectivity index (χ1) is 10.2. The maximum Gasteiger partial charge on any atom is 0.249 e. The number of imide groups is 1. The summed E-state index contributed by atoms with van der Waals surface area (Å²) >= 11 is 0. The number of amides is 2. The molecular weight excluding hydrogens is 274 g/mol. The first kappa shape index (κ1) is 13.7. The summed E-state index contributed by atoms with van der Waals surface area (Å²) < 4.78 is 5.31. The van der Waals surface area contributed by atoms with Gasteiger partial charge in [0.25, 0.3) is 0 Å². The van der Waals surface area contributed by atoms with Crippen molar-refractivity contribution in [3.8, 4) is 0 Å². The Labute approximate surface area is 121 Å². The molecule has 1 atom stereocenters. The number of ether oxygens (including phenoxy) is 1. The molecule has 1 aromatic rings. The molecule has 0 saturated carbocycles. The first-order valence-electron chi connectivity index (χ1n) is 6.97. The quantitative estimate of drug-likeness (QED) is 0.727. The zero-order valence-corrected chi connectivity index (χ0v) is 11.5. The Balaban J connectivity index is 1.68. The first-order valence-corrected chi connectivity index (χ1v) is 6.97. The molecule has 112 valence electrons. The lowest BCUT2D eigenvalue weighted by molar-refractivity contribution is -0.133. The van der Waals surface area contributed by atoms with Crippen molar-refractivity contribution in [3.63, 3.8) is 0 Å². The Hall–Kier alpha value is -2.22. The van der Waals surface area contributed by atoms with Gasteiger partial charge in [-0.05, 0) is 6.42 Å². The monoisotopic (exact) mass is 291 g/mol. The molecule has 21 heavy (non-hydrogen) atoms. The molecule has 3 heterocycles. The van der Waals surface area contributed by atoms with Gasteiger partial charge < -0.3 is 15.0 Å². The van der Waals surface area contributed by atoms with E-state index < -0.39 is 6.04 Å². The average Bonchev–Trinajstić information content (AvgIpc) is 2.51. The number of rotatable bonds is 3. The van der Waals surface area contributed by atoms with Crippen LogP contribution in [0.3, 0.4) is 0 Å². The summed E-state index contributed by atoms with van der Waals surface area (Å²) in [5.74, 6) is 0.858. The standard InChI is InChI=1S/C13H17N5O3/c19-12-2-1-9(13(20)17-12)16-10-7-11(15-8-14-10)18-3-5-21-6-4-18/h7-9H,1-6H2,(H,14,15,16)(H,17,19,20). The topological polar surface area (TPSA) is 96.5 Å². The number of hydrogen-bond donors (Lipinski definition) is 2. The highest BCUT2D eigenvalue weighted by Crippen LogP contribution is 2.17. The fourth-order valence-corrected chi connectivity index (χ4v) is 2.40. The SMILES string of the molecule is O=C1CCC(Nc2cc(N3CCOCC3)ncn2)C(=O)N1. The number of piperidine rings is 1. The predicted molar refractivity (Wildman–Crippen MR) is 74.9 cm³/mol. The molecule has 1 unspecified atom stereocenters. The number of anilines is 2. The van der Waals surface area contributed by atoms with Gasteiger partial charge in [-0.15, -0.1) is 0 Å². The molecule has 2 saturated heterocycles. The average molecular weight is 291 g/mol. The number of aromatic nitrogens is 2. The lowest BCUT2D eigenvalue weighted by Gasteiger charge is -2.28. The molecule has 2 amide bonds. The minimum Gasteiger partial charge on any atom is -0.378 e. The van der Waals surface area contributed by atoms with E-state index in [9.17, 15) is 9.59 Å². The van der Waals surface area contributed by atoms with E-state index in [4.69, 9.17) is 4.74 Å². The summed E-state index contributed by atoms with van der Waals surface area (Å²) in [5.41, 5.74) is 0. The van der Waals surface area contributed by atoms with E-state index in [1.54, 1.807) is 0 Å². The van der Waals surface area contributed by atoms with Crippen LogP contribution in [0.25, 0.3) is 0 Å². The van der Waals surface area contributed by atoms with Gasteiger partial charge in [0.05, 0.1) is 13.2 Å². The zero-order chi connectivity index (χ0) is 14.7. The zero-order valence-electron chi connectivity index (χ0n) is 11.5. The second-order valence-corrected chi connectivity index (χ2v) is 5.01. The summed E-state index contributed by atoms with van der Waals surface area (Å²) in [5, 5.41) is 5.37. The molecule has 2 N–H and O–H groups in total. The summed E-state index contributed by atoms with van der Waals surface area (Å²) in [7, 11) is 0. The Morgan fingerprint density at radius 1 is 1.29 bits per heavy atom. The van der Waals surface area contributed by atoms with Gasteiger partial charge in [0, 0.05) is 25.6 Å². The van der Waals surface area contributed by atoms with Gasteiger partial charge in [-0.25, -0.2) is 9.97 Å². The van der Waals surface area contributed by atoms with Gasteiger partial charge in [0.15, 0.2) is 0 Å². The van der Waals surface area contributed by atoms with E-state index in [2.05, 4.69) is 25.5 Å². The predicted octanol–water partition coefficient (Wildman–Crippen LogP) is -0.470. The van der Waals surface area contributed by atoms with Gasteiger partial charge in [0.2, 0.25) is 11.8 Å². The van der Waals surface area contributed by atoms with Crippen LogP contribution in [0.5, 0.6) is 0 Å². The van der Waals surface area contributed by atoms with Crippen molar-refractivity contribution >= 4 is 23.5 Å². The Morgan fingerprint density at radius 3 is 2.86 bits per heavy atom. The lowest BCUT2D eigenvalue weighted by atomic mass is 10.1. The molecule has 2 fully saturated rings. The van der Waals surface area contributed by atoms with Crippen molar-refractivity contribution in [1.29, 1.82) is 0 Å². The number of morpholine rings is 1. The van der Waals surface area contributed by atoms with E-state index in [0.29, 0.717) is 31.9 Å². The Kier molecular flexibility index (Phi) is 3.96. The van der Waals surface area contributed by atoms with E-state index in [1.165, 1.54) is 6.33 Å². The van der Waals surface area contributed by atoms with E-state index >= 15 is 0 Å². The van der Waals surface area contributed by atoms with Crippen LogP contribution in [0.2, 0.25) is 0 Å². The van der Waals surface area contributed by atoms with Gasteiger partial charge >= 0.3 is 0 Å². The molecule has 0 aliphatic carbocycles. The molecule has 2 aliphatic rings. The van der Waals surface area contributed by atoms with Crippen molar-refractivity contribution in [2.24, 2.45) is 0 Å². The fourth-order valence-electron chi connectivity index (χ4n) is 2.40. The molecule has 3 rings (SSSR count). The van der Waals surface area contributed by atoms with Gasteiger partial charge in [-0.2, -0.15) is 0 Å². The van der Waals surface area contributed by atoms with Crippen LogP contribution in [-0.4, -0.2) is 54.1 Å². The highest BCUT2D eigenvalue weighted by Gasteiger charge is 2.26. The van der Waals surface area contributed by atoms with Crippen molar-refractivity contribution in [2.75, 3.05) is 36.5 Å². The van der Waals surface area contributed by atoms with Crippen molar-refractivity contribution < 1.29 is 14.3 Å². The lowest BCUT2D eigenvalue weighted by Crippen LogP contribution is -2.47. The fraction of sp³-hybridized carbons (Fsp3) is 0.538. The van der Waals surface area contributed by atoms with Crippen LogP contribution in [0.4, 0.5) is 11.6 Å². The third-order valence-electron chi connectivity index (χ3n) is 3.55. The number of carbonyl (C=O) groups excluding carboxylic acids is 2. The third kappa shape index (κ3) is 3.27. The van der Waals surface area contributed by atoms with Crippen LogP contribution in [0, 0.1) is 0 Å². The maximum atomic E-state index is 11.7. The van der Waals surface area contributed by atoms with E-state index in [0.717, 1.165) is 18.9 Å². The molecule has 0 spiro atoms. The molecule has 8 nitrogen and oxygen atoms in total. The van der Waals surface area contributed by atoms with Crippen molar-refractivity contribution in [1.82, 2.24) is 15.3 Å². The van der Waals surface area contributed by atoms with Crippen LogP contribution in [-0.2, 0) is 14.3 Å². The van der Waals surface area contributed by atoms with Crippen molar-refractivity contribution in [2.45, 2.75) is 18.9 Å².